The molecule has 3 rings (SSSR count). The number of hydrogen-bond acceptors (Lipinski definition) is 2. The first-order valence-corrected chi connectivity index (χ1v) is 7.80. The first-order valence-electron chi connectivity index (χ1n) is 7.80. The van der Waals surface area contributed by atoms with E-state index in [4.69, 9.17) is 4.65 Å². The van der Waals surface area contributed by atoms with Gasteiger partial charge in [-0.25, -0.2) is 0 Å². The second kappa shape index (κ2) is 6.92. The number of aryl methyl sites for hydroxylation is 1. The van der Waals surface area contributed by atoms with Crippen LogP contribution in [0.25, 0.3) is 0 Å². The van der Waals surface area contributed by atoms with Crippen LogP contribution in [0.5, 0.6) is 0 Å². The molecular formula is C18H22BNO. The zero-order valence-corrected chi connectivity index (χ0v) is 12.6. The lowest BCUT2D eigenvalue weighted by Crippen LogP contribution is -2.50. The summed E-state index contributed by atoms with van der Waals surface area (Å²) in [7, 11) is 0. The van der Waals surface area contributed by atoms with Crippen molar-refractivity contribution in [3.63, 3.8) is 0 Å². The van der Waals surface area contributed by atoms with Gasteiger partial charge in [-0.05, 0) is 37.2 Å². The fourth-order valence-corrected chi connectivity index (χ4v) is 2.85. The molecule has 1 heterocycles. The molecule has 2 nitrogen and oxygen atoms in total. The SMILES string of the molecule is Cc1ccc(B(OC2CCCNC2)c2ccccc2)cc1. The fraction of sp³-hybridized carbons (Fsp3) is 0.333. The summed E-state index contributed by atoms with van der Waals surface area (Å²) >= 11 is 0. The molecule has 1 aliphatic rings. The van der Waals surface area contributed by atoms with E-state index in [2.05, 4.69) is 66.8 Å². The summed E-state index contributed by atoms with van der Waals surface area (Å²) < 4.78 is 6.44. The van der Waals surface area contributed by atoms with Crippen LogP contribution in [0.15, 0.2) is 54.6 Å². The highest BCUT2D eigenvalue weighted by Gasteiger charge is 2.26. The molecule has 1 atom stereocenters. The van der Waals surface area contributed by atoms with Crippen LogP contribution in [0.2, 0.25) is 0 Å². The average molecular weight is 279 g/mol. The molecule has 0 aromatic heterocycles. The van der Waals surface area contributed by atoms with Crippen LogP contribution in [-0.4, -0.2) is 26.1 Å². The summed E-state index contributed by atoms with van der Waals surface area (Å²) in [4.78, 5) is 0. The molecule has 0 amide bonds. The minimum Gasteiger partial charge on any atom is -0.423 e. The van der Waals surface area contributed by atoms with Gasteiger partial charge in [-0.15, -0.1) is 0 Å². The van der Waals surface area contributed by atoms with Gasteiger partial charge in [-0.2, -0.15) is 0 Å². The average Bonchev–Trinajstić information content (AvgIpc) is 2.55. The Labute approximate surface area is 127 Å². The minimum atomic E-state index is 0.0247. The maximum absolute atomic E-state index is 6.44. The molecule has 0 spiro atoms. The standard InChI is InChI=1S/C18H22BNO/c1-15-9-11-17(12-10-15)19(16-6-3-2-4-7-16)21-18-8-5-13-20-14-18/h2-4,6-7,9-12,18,20H,5,8,13-14H2,1H3. The second-order valence-corrected chi connectivity index (χ2v) is 5.81. The van der Waals surface area contributed by atoms with Crippen molar-refractivity contribution < 1.29 is 4.65 Å². The Morgan fingerprint density at radius 1 is 1.00 bits per heavy atom. The topological polar surface area (TPSA) is 21.3 Å². The molecule has 2 aromatic carbocycles. The molecule has 1 saturated heterocycles. The van der Waals surface area contributed by atoms with Crippen molar-refractivity contribution in [1.82, 2.24) is 5.32 Å². The van der Waals surface area contributed by atoms with Crippen molar-refractivity contribution in [2.75, 3.05) is 13.1 Å². The van der Waals surface area contributed by atoms with E-state index in [1.165, 1.54) is 22.9 Å². The van der Waals surface area contributed by atoms with Gasteiger partial charge in [0.1, 0.15) is 0 Å². The van der Waals surface area contributed by atoms with E-state index in [0.717, 1.165) is 19.5 Å². The minimum absolute atomic E-state index is 0.0247. The summed E-state index contributed by atoms with van der Waals surface area (Å²) in [5.41, 5.74) is 3.74. The third-order valence-corrected chi connectivity index (χ3v) is 4.06. The van der Waals surface area contributed by atoms with Crippen LogP contribution in [0.1, 0.15) is 18.4 Å². The van der Waals surface area contributed by atoms with Gasteiger partial charge in [0.2, 0.25) is 0 Å². The zero-order chi connectivity index (χ0) is 14.5. The van der Waals surface area contributed by atoms with Gasteiger partial charge in [0, 0.05) is 6.54 Å². The van der Waals surface area contributed by atoms with Gasteiger partial charge in [-0.3, -0.25) is 0 Å². The highest BCUT2D eigenvalue weighted by molar-refractivity contribution is 6.80. The molecule has 1 fully saturated rings. The lowest BCUT2D eigenvalue weighted by Gasteiger charge is -2.27. The Bertz CT molecular complexity index is 549. The van der Waals surface area contributed by atoms with E-state index in [1.54, 1.807) is 0 Å². The third-order valence-electron chi connectivity index (χ3n) is 4.06. The van der Waals surface area contributed by atoms with Crippen LogP contribution < -0.4 is 16.2 Å². The fourth-order valence-electron chi connectivity index (χ4n) is 2.85. The number of rotatable bonds is 4. The molecule has 21 heavy (non-hydrogen) atoms. The van der Waals surface area contributed by atoms with Gasteiger partial charge in [-0.1, -0.05) is 60.2 Å². The predicted molar refractivity (Wildman–Crippen MR) is 89.6 cm³/mol. The van der Waals surface area contributed by atoms with Crippen LogP contribution in [0.3, 0.4) is 0 Å². The van der Waals surface area contributed by atoms with Crippen molar-refractivity contribution in [2.45, 2.75) is 25.9 Å². The van der Waals surface area contributed by atoms with Crippen molar-refractivity contribution in [3.05, 3.63) is 60.2 Å². The predicted octanol–water partition coefficient (Wildman–Crippen LogP) is 1.87. The molecule has 1 aliphatic heterocycles. The Kier molecular flexibility index (Phi) is 4.74. The normalized spacial score (nSPS) is 18.4. The van der Waals surface area contributed by atoms with Crippen LogP contribution in [0, 0.1) is 6.92 Å². The molecular weight excluding hydrogens is 257 g/mol. The maximum atomic E-state index is 6.44. The summed E-state index contributed by atoms with van der Waals surface area (Å²) in [5.74, 6) is 0. The highest BCUT2D eigenvalue weighted by Crippen LogP contribution is 2.08. The van der Waals surface area contributed by atoms with Crippen LogP contribution in [-0.2, 0) is 4.65 Å². The molecule has 0 aliphatic carbocycles. The molecule has 1 N–H and O–H groups in total. The molecule has 0 bridgehead atoms. The lowest BCUT2D eigenvalue weighted by atomic mass is 9.55. The monoisotopic (exact) mass is 279 g/mol. The van der Waals surface area contributed by atoms with Gasteiger partial charge in [0.15, 0.2) is 0 Å². The number of benzene rings is 2. The summed E-state index contributed by atoms with van der Waals surface area (Å²) in [6, 6.07) is 19.2. The quantitative estimate of drug-likeness (QED) is 0.863. The van der Waals surface area contributed by atoms with E-state index >= 15 is 0 Å². The Balaban J connectivity index is 1.85. The molecule has 0 radical (unpaired) electrons. The third kappa shape index (κ3) is 3.75. The maximum Gasteiger partial charge on any atom is 0.361 e. The van der Waals surface area contributed by atoms with Crippen molar-refractivity contribution in [2.24, 2.45) is 0 Å². The summed E-state index contributed by atoms with van der Waals surface area (Å²) in [6.45, 7) is 4.21. The Morgan fingerprint density at radius 2 is 1.71 bits per heavy atom. The zero-order valence-electron chi connectivity index (χ0n) is 12.6. The van der Waals surface area contributed by atoms with Crippen molar-refractivity contribution in [1.29, 1.82) is 0 Å². The molecule has 108 valence electrons. The van der Waals surface area contributed by atoms with Crippen LogP contribution >= 0.6 is 0 Å². The summed E-state index contributed by atoms with van der Waals surface area (Å²) in [5, 5.41) is 3.43. The largest absolute Gasteiger partial charge is 0.423 e. The lowest BCUT2D eigenvalue weighted by molar-refractivity contribution is 0.173. The van der Waals surface area contributed by atoms with E-state index in [9.17, 15) is 0 Å². The van der Waals surface area contributed by atoms with Gasteiger partial charge >= 0.3 is 6.92 Å². The van der Waals surface area contributed by atoms with E-state index in [0.29, 0.717) is 6.10 Å². The smallest absolute Gasteiger partial charge is 0.361 e. The number of piperidine rings is 1. The number of nitrogens with one attached hydrogen (secondary N) is 1. The van der Waals surface area contributed by atoms with Crippen LogP contribution in [0.4, 0.5) is 0 Å². The van der Waals surface area contributed by atoms with E-state index in [-0.39, 0.29) is 6.92 Å². The first-order chi connectivity index (χ1) is 10.3. The highest BCUT2D eigenvalue weighted by atomic mass is 16.4. The molecule has 3 heteroatoms. The Morgan fingerprint density at radius 3 is 2.38 bits per heavy atom. The Hall–Kier alpha value is -1.58. The van der Waals surface area contributed by atoms with E-state index in [1.807, 2.05) is 0 Å². The first kappa shape index (κ1) is 14.4. The van der Waals surface area contributed by atoms with Gasteiger partial charge < -0.3 is 9.97 Å². The molecule has 2 aromatic rings. The van der Waals surface area contributed by atoms with Crippen molar-refractivity contribution in [3.8, 4) is 0 Å². The number of hydrogen-bond donors (Lipinski definition) is 1. The second-order valence-electron chi connectivity index (χ2n) is 5.81. The van der Waals surface area contributed by atoms with Gasteiger partial charge in [0.05, 0.1) is 6.10 Å². The molecule has 0 saturated carbocycles. The summed E-state index contributed by atoms with van der Waals surface area (Å²) in [6.07, 6.45) is 2.63. The van der Waals surface area contributed by atoms with Crippen molar-refractivity contribution >= 4 is 17.8 Å². The van der Waals surface area contributed by atoms with E-state index < -0.39 is 0 Å². The van der Waals surface area contributed by atoms with Gasteiger partial charge in [0.25, 0.3) is 0 Å². The molecule has 1 unspecified atom stereocenters.